The van der Waals surface area contributed by atoms with Crippen molar-refractivity contribution < 1.29 is 19.1 Å². The van der Waals surface area contributed by atoms with Crippen LogP contribution in [0, 0.1) is 11.8 Å². The summed E-state index contributed by atoms with van der Waals surface area (Å²) in [4.78, 5) is 30.9. The van der Waals surface area contributed by atoms with Gasteiger partial charge in [-0.25, -0.2) is 4.90 Å². The number of nitrogens with zero attached hydrogens (tertiary/aromatic N) is 2. The molecule has 2 aliphatic rings. The topological polar surface area (TPSA) is 59.1 Å². The quantitative estimate of drug-likeness (QED) is 0.617. The van der Waals surface area contributed by atoms with E-state index >= 15 is 0 Å². The van der Waals surface area contributed by atoms with Gasteiger partial charge in [0.1, 0.15) is 17.2 Å². The summed E-state index contributed by atoms with van der Waals surface area (Å²) in [5.74, 6) is 1.05. The van der Waals surface area contributed by atoms with Gasteiger partial charge in [-0.15, -0.1) is 0 Å². The van der Waals surface area contributed by atoms with Gasteiger partial charge in [0.25, 0.3) is 11.8 Å². The van der Waals surface area contributed by atoms with Crippen molar-refractivity contribution in [3.63, 3.8) is 0 Å². The van der Waals surface area contributed by atoms with Crippen molar-refractivity contribution in [3.05, 3.63) is 58.7 Å². The Bertz CT molecular complexity index is 1070. The fourth-order valence-corrected chi connectivity index (χ4v) is 4.85. The van der Waals surface area contributed by atoms with Crippen LogP contribution < -0.4 is 14.4 Å². The smallest absolute Gasteiger partial charge is 0.282 e. The number of anilines is 1. The highest BCUT2D eigenvalue weighted by molar-refractivity contribution is 6.45. The van der Waals surface area contributed by atoms with Crippen LogP contribution in [0.25, 0.3) is 5.57 Å². The highest BCUT2D eigenvalue weighted by Gasteiger charge is 2.44. The van der Waals surface area contributed by atoms with Crippen LogP contribution in [0.3, 0.4) is 0 Å². The van der Waals surface area contributed by atoms with Gasteiger partial charge in [-0.1, -0.05) is 37.6 Å². The Morgan fingerprint density at radius 2 is 1.56 bits per heavy atom. The predicted molar refractivity (Wildman–Crippen MR) is 125 cm³/mol. The number of hydrogen-bond acceptors (Lipinski definition) is 5. The Morgan fingerprint density at radius 3 is 2.16 bits per heavy atom. The van der Waals surface area contributed by atoms with Gasteiger partial charge in [0, 0.05) is 24.2 Å². The lowest BCUT2D eigenvalue weighted by Gasteiger charge is -2.37. The number of rotatable bonds is 5. The standard InChI is InChI=1S/C25H27ClN2O4/c1-15-11-16(2)14-27(13-15)23-22(17-5-7-18(26)8-6-17)24(29)28(25(23)30)20-12-19(31-3)9-10-21(20)32-4/h5-10,12,15-16H,11,13-14H2,1-4H3. The Kier molecular flexibility index (Phi) is 6.15. The van der Waals surface area contributed by atoms with Crippen LogP contribution in [-0.4, -0.2) is 44.0 Å². The number of hydrogen-bond donors (Lipinski definition) is 0. The van der Waals surface area contributed by atoms with Crippen molar-refractivity contribution in [1.29, 1.82) is 0 Å². The summed E-state index contributed by atoms with van der Waals surface area (Å²) in [5.41, 5.74) is 1.85. The van der Waals surface area contributed by atoms with Crippen molar-refractivity contribution in [3.8, 4) is 11.5 Å². The number of halogens is 1. The third-order valence-electron chi connectivity index (χ3n) is 6.00. The lowest BCUT2D eigenvalue weighted by Crippen LogP contribution is -2.42. The first-order chi connectivity index (χ1) is 15.3. The van der Waals surface area contributed by atoms with Crippen LogP contribution in [0.5, 0.6) is 11.5 Å². The molecule has 0 spiro atoms. The van der Waals surface area contributed by atoms with Crippen LogP contribution >= 0.6 is 11.6 Å². The van der Waals surface area contributed by atoms with Gasteiger partial charge >= 0.3 is 0 Å². The average Bonchev–Trinajstić information content (AvgIpc) is 3.03. The fraction of sp³-hybridized carbons (Fsp3) is 0.360. The molecule has 32 heavy (non-hydrogen) atoms. The number of imide groups is 1. The Labute approximate surface area is 193 Å². The van der Waals surface area contributed by atoms with E-state index in [1.54, 1.807) is 49.6 Å². The predicted octanol–water partition coefficient (Wildman–Crippen LogP) is 4.62. The first-order valence-electron chi connectivity index (χ1n) is 10.7. The molecule has 0 bridgehead atoms. The zero-order valence-corrected chi connectivity index (χ0v) is 19.5. The maximum atomic E-state index is 13.8. The fourth-order valence-electron chi connectivity index (χ4n) is 4.72. The number of likely N-dealkylation sites (tertiary alicyclic amines) is 1. The Morgan fingerprint density at radius 1 is 0.906 bits per heavy atom. The number of benzene rings is 2. The van der Waals surface area contributed by atoms with Crippen molar-refractivity contribution in [2.45, 2.75) is 20.3 Å². The molecule has 2 amide bonds. The molecule has 0 aliphatic carbocycles. The van der Waals surface area contributed by atoms with Crippen LogP contribution in [-0.2, 0) is 9.59 Å². The van der Waals surface area contributed by atoms with Crippen molar-refractivity contribution in [1.82, 2.24) is 4.90 Å². The third-order valence-corrected chi connectivity index (χ3v) is 6.26. The lowest BCUT2D eigenvalue weighted by atomic mass is 9.91. The maximum Gasteiger partial charge on any atom is 0.282 e. The van der Waals surface area contributed by atoms with Crippen LogP contribution in [0.15, 0.2) is 48.2 Å². The zero-order chi connectivity index (χ0) is 23.0. The summed E-state index contributed by atoms with van der Waals surface area (Å²) in [6.07, 6.45) is 1.09. The molecule has 1 saturated heterocycles. The van der Waals surface area contributed by atoms with Gasteiger partial charge in [0.05, 0.1) is 25.5 Å². The number of ether oxygens (including phenoxy) is 2. The Hall–Kier alpha value is -2.99. The molecule has 2 aliphatic heterocycles. The van der Waals surface area contributed by atoms with E-state index < -0.39 is 0 Å². The van der Waals surface area contributed by atoms with Gasteiger partial charge in [-0.2, -0.15) is 0 Å². The van der Waals surface area contributed by atoms with Crippen molar-refractivity contribution in [2.75, 3.05) is 32.2 Å². The van der Waals surface area contributed by atoms with E-state index in [9.17, 15) is 9.59 Å². The first-order valence-corrected chi connectivity index (χ1v) is 11.1. The molecule has 4 rings (SSSR count). The van der Waals surface area contributed by atoms with E-state index in [1.807, 2.05) is 0 Å². The molecule has 7 heteroatoms. The summed E-state index contributed by atoms with van der Waals surface area (Å²) >= 11 is 6.09. The second-order valence-electron chi connectivity index (χ2n) is 8.57. The number of carbonyl (C=O) groups excluding carboxylic acids is 2. The first kappa shape index (κ1) is 22.2. The molecule has 0 N–H and O–H groups in total. The summed E-state index contributed by atoms with van der Waals surface area (Å²) < 4.78 is 10.8. The van der Waals surface area contributed by atoms with E-state index in [0.29, 0.717) is 50.9 Å². The third kappa shape index (κ3) is 3.95. The van der Waals surface area contributed by atoms with Crippen molar-refractivity contribution >= 4 is 34.7 Å². The molecule has 168 valence electrons. The van der Waals surface area contributed by atoms with Gasteiger partial charge in [-0.05, 0) is 48.1 Å². The van der Waals surface area contributed by atoms with E-state index in [2.05, 4.69) is 18.7 Å². The minimum Gasteiger partial charge on any atom is -0.497 e. The zero-order valence-electron chi connectivity index (χ0n) is 18.7. The molecule has 2 atom stereocenters. The summed E-state index contributed by atoms with van der Waals surface area (Å²) in [7, 11) is 3.05. The number of piperidine rings is 1. The SMILES string of the molecule is COc1ccc(OC)c(N2C(=O)C(c3ccc(Cl)cc3)=C(N3CC(C)CC(C)C3)C2=O)c1. The van der Waals surface area contributed by atoms with Crippen LogP contribution in [0.1, 0.15) is 25.8 Å². The molecular weight excluding hydrogens is 428 g/mol. The minimum atomic E-state index is -0.384. The van der Waals surface area contributed by atoms with Gasteiger partial charge in [-0.3, -0.25) is 9.59 Å². The van der Waals surface area contributed by atoms with E-state index in [0.717, 1.165) is 19.5 Å². The summed E-state index contributed by atoms with van der Waals surface area (Å²) in [6.45, 7) is 5.79. The molecule has 0 radical (unpaired) electrons. The normalized spacial score (nSPS) is 21.4. The Balaban J connectivity index is 1.86. The van der Waals surface area contributed by atoms with Gasteiger partial charge in [0.15, 0.2) is 0 Å². The molecule has 1 fully saturated rings. The number of carbonyl (C=O) groups is 2. The molecule has 2 unspecified atom stereocenters. The van der Waals surface area contributed by atoms with Crippen LogP contribution in [0.2, 0.25) is 5.02 Å². The summed E-state index contributed by atoms with van der Waals surface area (Å²) in [6, 6.07) is 12.1. The number of methoxy groups -OCH3 is 2. The molecular formula is C25H27ClN2O4. The molecule has 6 nitrogen and oxygen atoms in total. The van der Waals surface area contributed by atoms with Gasteiger partial charge < -0.3 is 14.4 Å². The van der Waals surface area contributed by atoms with Crippen LogP contribution in [0.4, 0.5) is 5.69 Å². The van der Waals surface area contributed by atoms with Crippen molar-refractivity contribution in [2.24, 2.45) is 11.8 Å². The minimum absolute atomic E-state index is 0.354. The number of amides is 2. The highest BCUT2D eigenvalue weighted by atomic mass is 35.5. The second kappa shape index (κ2) is 8.87. The van der Waals surface area contributed by atoms with E-state index in [4.69, 9.17) is 21.1 Å². The summed E-state index contributed by atoms with van der Waals surface area (Å²) in [5, 5.41) is 0.569. The molecule has 0 aromatic heterocycles. The van der Waals surface area contributed by atoms with Gasteiger partial charge in [0.2, 0.25) is 0 Å². The molecule has 2 heterocycles. The average molecular weight is 455 g/mol. The second-order valence-corrected chi connectivity index (χ2v) is 9.00. The lowest BCUT2D eigenvalue weighted by molar-refractivity contribution is -0.120. The largest absolute Gasteiger partial charge is 0.497 e. The highest BCUT2D eigenvalue weighted by Crippen LogP contribution is 2.41. The molecule has 2 aromatic rings. The monoisotopic (exact) mass is 454 g/mol. The molecule has 0 saturated carbocycles. The molecule has 2 aromatic carbocycles. The maximum absolute atomic E-state index is 13.8. The van der Waals surface area contributed by atoms with E-state index in [-0.39, 0.29) is 11.8 Å². The van der Waals surface area contributed by atoms with E-state index in [1.165, 1.54) is 12.0 Å².